The Morgan fingerprint density at radius 3 is 2.97 bits per heavy atom. The maximum Gasteiger partial charge on any atom is 0.269 e. The largest absolute Gasteiger partial charge is 0.382 e. The first-order valence-electron chi connectivity index (χ1n) is 10.5. The molecule has 2 heterocycles. The number of halogens is 1. The van der Waals surface area contributed by atoms with Gasteiger partial charge in [-0.05, 0) is 49.4 Å². The van der Waals surface area contributed by atoms with Gasteiger partial charge in [0.15, 0.2) is 0 Å². The lowest BCUT2D eigenvalue weighted by Crippen LogP contribution is -2.30. The number of anilines is 1. The van der Waals surface area contributed by atoms with Gasteiger partial charge < -0.3 is 10.2 Å². The molecule has 0 saturated carbocycles. The highest BCUT2D eigenvalue weighted by atomic mass is 19.1. The fourth-order valence-electron chi connectivity index (χ4n) is 4.38. The molecule has 1 aliphatic carbocycles. The van der Waals surface area contributed by atoms with Crippen LogP contribution >= 0.6 is 0 Å². The zero-order chi connectivity index (χ0) is 21.4. The fourth-order valence-corrected chi connectivity index (χ4v) is 4.38. The van der Waals surface area contributed by atoms with Crippen molar-refractivity contribution in [1.82, 2.24) is 9.78 Å². The van der Waals surface area contributed by atoms with E-state index in [-0.39, 0.29) is 24.2 Å². The number of hydrogen-bond donors (Lipinski definition) is 1. The summed E-state index contributed by atoms with van der Waals surface area (Å²) in [5.74, 6) is 0.0407. The SMILES string of the molecule is Cc1cnn(C2CCCc3ccccc32)c1NC(=O)C1CC(c2cccc(F)c2)=NO1. The van der Waals surface area contributed by atoms with Gasteiger partial charge in [-0.25, -0.2) is 9.07 Å². The third-order valence-corrected chi connectivity index (χ3v) is 5.97. The second kappa shape index (κ2) is 7.98. The summed E-state index contributed by atoms with van der Waals surface area (Å²) in [6.07, 6.45) is 4.40. The molecule has 7 heteroatoms. The van der Waals surface area contributed by atoms with Gasteiger partial charge in [0.05, 0.1) is 18.0 Å². The second-order valence-corrected chi connectivity index (χ2v) is 8.06. The number of nitrogens with zero attached hydrogens (tertiary/aromatic N) is 3. The van der Waals surface area contributed by atoms with Crippen molar-refractivity contribution in [1.29, 1.82) is 0 Å². The van der Waals surface area contributed by atoms with Gasteiger partial charge in [0.2, 0.25) is 6.10 Å². The van der Waals surface area contributed by atoms with Gasteiger partial charge in [-0.15, -0.1) is 0 Å². The molecule has 2 aromatic carbocycles. The third kappa shape index (κ3) is 3.71. The Morgan fingerprint density at radius 1 is 1.23 bits per heavy atom. The van der Waals surface area contributed by atoms with E-state index >= 15 is 0 Å². The lowest BCUT2D eigenvalue weighted by molar-refractivity contribution is -0.125. The molecule has 6 nitrogen and oxygen atoms in total. The number of aromatic nitrogens is 2. The minimum Gasteiger partial charge on any atom is -0.382 e. The number of carbonyl (C=O) groups is 1. The number of hydrogen-bond acceptors (Lipinski definition) is 4. The first-order valence-corrected chi connectivity index (χ1v) is 10.5. The summed E-state index contributed by atoms with van der Waals surface area (Å²) in [4.78, 5) is 18.3. The molecule has 2 atom stereocenters. The molecular formula is C24H23FN4O2. The summed E-state index contributed by atoms with van der Waals surface area (Å²) in [7, 11) is 0. The summed E-state index contributed by atoms with van der Waals surface area (Å²) >= 11 is 0. The minimum atomic E-state index is -0.764. The van der Waals surface area contributed by atoms with Crippen LogP contribution in [-0.4, -0.2) is 27.5 Å². The van der Waals surface area contributed by atoms with Crippen LogP contribution in [0.3, 0.4) is 0 Å². The Kier molecular flexibility index (Phi) is 5.02. The molecule has 2 unspecified atom stereocenters. The van der Waals surface area contributed by atoms with Crippen molar-refractivity contribution in [3.8, 4) is 0 Å². The molecule has 2 aliphatic rings. The summed E-state index contributed by atoms with van der Waals surface area (Å²) in [6.45, 7) is 1.93. The van der Waals surface area contributed by atoms with Crippen LogP contribution in [0, 0.1) is 12.7 Å². The summed E-state index contributed by atoms with van der Waals surface area (Å²) < 4.78 is 15.4. The van der Waals surface area contributed by atoms with E-state index in [4.69, 9.17) is 4.84 Å². The second-order valence-electron chi connectivity index (χ2n) is 8.06. The van der Waals surface area contributed by atoms with Crippen molar-refractivity contribution in [3.63, 3.8) is 0 Å². The van der Waals surface area contributed by atoms with Crippen molar-refractivity contribution in [2.45, 2.75) is 44.8 Å². The number of carbonyl (C=O) groups excluding carboxylic acids is 1. The van der Waals surface area contributed by atoms with Crippen LogP contribution in [0.25, 0.3) is 0 Å². The van der Waals surface area contributed by atoms with Gasteiger partial charge in [-0.3, -0.25) is 4.79 Å². The van der Waals surface area contributed by atoms with E-state index in [1.807, 2.05) is 17.7 Å². The fraction of sp³-hybridized carbons (Fsp3) is 0.292. The van der Waals surface area contributed by atoms with Crippen molar-refractivity contribution in [2.75, 3.05) is 5.32 Å². The van der Waals surface area contributed by atoms with E-state index < -0.39 is 6.10 Å². The normalized spacial score (nSPS) is 20.0. The molecule has 0 saturated heterocycles. The van der Waals surface area contributed by atoms with Crippen LogP contribution in [0.5, 0.6) is 0 Å². The van der Waals surface area contributed by atoms with Gasteiger partial charge in [0.25, 0.3) is 5.91 Å². The van der Waals surface area contributed by atoms with Gasteiger partial charge in [0.1, 0.15) is 11.6 Å². The van der Waals surface area contributed by atoms with Crippen molar-refractivity contribution < 1.29 is 14.0 Å². The zero-order valence-corrected chi connectivity index (χ0v) is 17.2. The number of fused-ring (bicyclic) bond motifs is 1. The van der Waals surface area contributed by atoms with Crippen molar-refractivity contribution in [3.05, 3.63) is 82.8 Å². The van der Waals surface area contributed by atoms with Gasteiger partial charge in [-0.1, -0.05) is 41.6 Å². The topological polar surface area (TPSA) is 68.5 Å². The van der Waals surface area contributed by atoms with E-state index in [1.165, 1.54) is 23.3 Å². The smallest absolute Gasteiger partial charge is 0.269 e. The average molecular weight is 418 g/mol. The van der Waals surface area contributed by atoms with E-state index in [0.717, 1.165) is 24.8 Å². The molecule has 0 spiro atoms. The van der Waals surface area contributed by atoms with E-state index in [2.05, 4.69) is 33.8 Å². The van der Waals surface area contributed by atoms with E-state index in [1.54, 1.807) is 18.3 Å². The number of rotatable bonds is 4. The summed E-state index contributed by atoms with van der Waals surface area (Å²) in [6, 6.07) is 14.6. The molecule has 1 amide bonds. The maximum absolute atomic E-state index is 13.5. The molecule has 1 N–H and O–H groups in total. The Labute approximate surface area is 179 Å². The van der Waals surface area contributed by atoms with Gasteiger partial charge >= 0.3 is 0 Å². The zero-order valence-electron chi connectivity index (χ0n) is 17.2. The standard InChI is InChI=1S/C24H23FN4O2/c1-15-14-26-29(21-11-5-7-16-6-2-3-10-19(16)21)23(15)27-24(30)22-13-20(28-31-22)17-8-4-9-18(25)12-17/h2-4,6,8-10,12,14,21-22H,5,7,11,13H2,1H3,(H,27,30). The van der Waals surface area contributed by atoms with Crippen LogP contribution in [0.1, 0.15) is 47.6 Å². The monoisotopic (exact) mass is 418 g/mol. The predicted octanol–water partition coefficient (Wildman–Crippen LogP) is 4.39. The number of oxime groups is 1. The highest BCUT2D eigenvalue weighted by Crippen LogP contribution is 2.35. The lowest BCUT2D eigenvalue weighted by atomic mass is 9.88. The quantitative estimate of drug-likeness (QED) is 0.683. The van der Waals surface area contributed by atoms with E-state index in [0.29, 0.717) is 17.1 Å². The molecule has 0 bridgehead atoms. The Bertz CT molecular complexity index is 1170. The average Bonchev–Trinajstić information content (AvgIpc) is 3.41. The van der Waals surface area contributed by atoms with Gasteiger partial charge in [0, 0.05) is 17.5 Å². The minimum absolute atomic E-state index is 0.0811. The maximum atomic E-state index is 13.5. The molecule has 0 fully saturated rings. The summed E-state index contributed by atoms with van der Waals surface area (Å²) in [5.41, 5.74) is 4.65. The van der Waals surface area contributed by atoms with Crippen LogP contribution in [-0.2, 0) is 16.1 Å². The number of aryl methyl sites for hydroxylation is 2. The molecular weight excluding hydrogens is 395 g/mol. The Morgan fingerprint density at radius 2 is 2.10 bits per heavy atom. The highest BCUT2D eigenvalue weighted by molar-refractivity contribution is 6.06. The number of amides is 1. The van der Waals surface area contributed by atoms with E-state index in [9.17, 15) is 9.18 Å². The first kappa shape index (κ1) is 19.5. The predicted molar refractivity (Wildman–Crippen MR) is 116 cm³/mol. The van der Waals surface area contributed by atoms with Crippen LogP contribution < -0.4 is 5.32 Å². The van der Waals surface area contributed by atoms with Crippen LogP contribution in [0.2, 0.25) is 0 Å². The number of nitrogens with one attached hydrogen (secondary N) is 1. The van der Waals surface area contributed by atoms with Crippen molar-refractivity contribution >= 4 is 17.4 Å². The molecule has 0 radical (unpaired) electrons. The Hall–Kier alpha value is -3.48. The van der Waals surface area contributed by atoms with Crippen LogP contribution in [0.15, 0.2) is 59.9 Å². The summed E-state index contributed by atoms with van der Waals surface area (Å²) in [5, 5.41) is 11.6. The molecule has 31 heavy (non-hydrogen) atoms. The molecule has 3 aromatic rings. The van der Waals surface area contributed by atoms with Crippen molar-refractivity contribution in [2.24, 2.45) is 5.16 Å². The molecule has 1 aromatic heterocycles. The molecule has 1 aliphatic heterocycles. The lowest BCUT2D eigenvalue weighted by Gasteiger charge is -2.27. The third-order valence-electron chi connectivity index (χ3n) is 5.97. The Balaban J connectivity index is 1.34. The molecule has 5 rings (SSSR count). The first-order chi connectivity index (χ1) is 15.1. The van der Waals surface area contributed by atoms with Gasteiger partial charge in [-0.2, -0.15) is 5.10 Å². The highest BCUT2D eigenvalue weighted by Gasteiger charge is 2.31. The molecule has 158 valence electrons. The number of benzene rings is 2. The van der Waals surface area contributed by atoms with Crippen LogP contribution in [0.4, 0.5) is 10.2 Å².